The van der Waals surface area contributed by atoms with Crippen LogP contribution in [-0.4, -0.2) is 20.6 Å². The van der Waals surface area contributed by atoms with Crippen molar-refractivity contribution < 1.29 is 18.7 Å². The van der Waals surface area contributed by atoms with Gasteiger partial charge >= 0.3 is 11.9 Å². The minimum atomic E-state index is -3.50. The molecule has 1 aromatic heterocycles. The van der Waals surface area contributed by atoms with Crippen LogP contribution in [0.5, 0.6) is 0 Å². The highest BCUT2D eigenvalue weighted by atomic mass is 35.5. The fourth-order valence-electron chi connectivity index (χ4n) is 1.23. The lowest BCUT2D eigenvalue weighted by Gasteiger charge is -2.16. The Morgan fingerprint density at radius 1 is 1.73 bits per heavy atom. The molecule has 0 aliphatic rings. The van der Waals surface area contributed by atoms with Gasteiger partial charge in [-0.05, 0) is 6.92 Å². The van der Waals surface area contributed by atoms with E-state index in [2.05, 4.69) is 4.98 Å². The van der Waals surface area contributed by atoms with Crippen molar-refractivity contribution in [2.24, 2.45) is 0 Å². The Kier molecular flexibility index (Phi) is 3.28. The Balaban J connectivity index is 3.12. The molecule has 0 spiro atoms. The summed E-state index contributed by atoms with van der Waals surface area (Å²) in [5, 5.41) is 7.99. The molecule has 0 aromatic carbocycles. The van der Waals surface area contributed by atoms with E-state index in [1.54, 1.807) is 6.92 Å². The zero-order valence-electron chi connectivity index (χ0n) is 7.88. The van der Waals surface area contributed by atoms with E-state index in [-0.39, 0.29) is 11.7 Å². The van der Waals surface area contributed by atoms with Gasteiger partial charge in [0.05, 0.1) is 6.33 Å². The van der Waals surface area contributed by atoms with Crippen LogP contribution in [-0.2, 0) is 17.3 Å². The first-order valence-electron chi connectivity index (χ1n) is 4.19. The van der Waals surface area contributed by atoms with Gasteiger partial charge in [-0.3, -0.25) is 4.79 Å². The number of aryl methyl sites for hydroxylation is 1. The number of hydrogen-bond donors (Lipinski definition) is 1. The van der Waals surface area contributed by atoms with Crippen LogP contribution in [0.3, 0.4) is 0 Å². The van der Waals surface area contributed by atoms with Gasteiger partial charge in [0.15, 0.2) is 5.15 Å². The van der Waals surface area contributed by atoms with Gasteiger partial charge in [0.25, 0.3) is 0 Å². The molecule has 4 nitrogen and oxygen atoms in total. The molecule has 0 bridgehead atoms. The van der Waals surface area contributed by atoms with Gasteiger partial charge in [-0.25, -0.2) is 4.98 Å². The molecule has 0 unspecified atom stereocenters. The number of halogens is 3. The molecule has 0 radical (unpaired) electrons. The quantitative estimate of drug-likeness (QED) is 0.874. The first-order chi connectivity index (χ1) is 6.88. The molecule has 15 heavy (non-hydrogen) atoms. The smallest absolute Gasteiger partial charge is 0.309 e. The van der Waals surface area contributed by atoms with Gasteiger partial charge in [-0.15, -0.1) is 0 Å². The second-order valence-corrected chi connectivity index (χ2v) is 3.30. The summed E-state index contributed by atoms with van der Waals surface area (Å²) in [5.74, 6) is -5.09. The number of alkyl halides is 2. The van der Waals surface area contributed by atoms with Crippen LogP contribution in [0.25, 0.3) is 0 Å². The maximum atomic E-state index is 13.4. The number of aromatic nitrogens is 2. The number of hydrogen-bond acceptors (Lipinski definition) is 2. The minimum Gasteiger partial charge on any atom is -0.481 e. The van der Waals surface area contributed by atoms with E-state index in [0.717, 1.165) is 10.9 Å². The molecule has 1 aromatic rings. The lowest BCUT2D eigenvalue weighted by molar-refractivity contribution is -0.146. The van der Waals surface area contributed by atoms with Gasteiger partial charge in [0.1, 0.15) is 12.1 Å². The zero-order chi connectivity index (χ0) is 11.6. The van der Waals surface area contributed by atoms with Crippen LogP contribution in [0.1, 0.15) is 19.0 Å². The van der Waals surface area contributed by atoms with Crippen LogP contribution < -0.4 is 0 Å². The second kappa shape index (κ2) is 4.14. The van der Waals surface area contributed by atoms with E-state index in [1.807, 2.05) is 0 Å². The topological polar surface area (TPSA) is 55.1 Å². The third kappa shape index (κ3) is 2.44. The predicted molar refractivity (Wildman–Crippen MR) is 49.1 cm³/mol. The molecule has 0 fully saturated rings. The van der Waals surface area contributed by atoms with Gasteiger partial charge < -0.3 is 9.67 Å². The molecule has 1 rings (SSSR count). The summed E-state index contributed by atoms with van der Waals surface area (Å²) >= 11 is 5.49. The van der Waals surface area contributed by atoms with Gasteiger partial charge in [0.2, 0.25) is 0 Å². The minimum absolute atomic E-state index is 0.254. The van der Waals surface area contributed by atoms with E-state index in [0.29, 0.717) is 0 Å². The second-order valence-electron chi connectivity index (χ2n) is 2.94. The van der Waals surface area contributed by atoms with Crippen molar-refractivity contribution in [1.82, 2.24) is 9.55 Å². The molecule has 0 saturated heterocycles. The van der Waals surface area contributed by atoms with E-state index in [9.17, 15) is 13.6 Å². The molecule has 0 aliphatic carbocycles. The van der Waals surface area contributed by atoms with E-state index in [4.69, 9.17) is 16.7 Å². The summed E-state index contributed by atoms with van der Waals surface area (Å²) < 4.78 is 28.0. The average molecular weight is 239 g/mol. The summed E-state index contributed by atoms with van der Waals surface area (Å²) in [6.45, 7) is 1.89. The first-order valence-corrected chi connectivity index (χ1v) is 4.57. The highest BCUT2D eigenvalue weighted by Crippen LogP contribution is 2.35. The Morgan fingerprint density at radius 2 is 2.33 bits per heavy atom. The average Bonchev–Trinajstić information content (AvgIpc) is 2.44. The van der Waals surface area contributed by atoms with Crippen LogP contribution in [0.4, 0.5) is 8.78 Å². The molecule has 0 saturated carbocycles. The van der Waals surface area contributed by atoms with Crippen LogP contribution >= 0.6 is 11.6 Å². The maximum Gasteiger partial charge on any atom is 0.309 e. The number of imidazole rings is 1. The summed E-state index contributed by atoms with van der Waals surface area (Å²) in [5.41, 5.74) is -0.547. The number of carboxylic acid groups (broad SMARTS) is 1. The molecule has 0 atom stereocenters. The highest BCUT2D eigenvalue weighted by Gasteiger charge is 2.40. The fraction of sp³-hybridized carbons (Fsp3) is 0.500. The third-order valence-corrected chi connectivity index (χ3v) is 2.13. The zero-order valence-corrected chi connectivity index (χ0v) is 8.63. The van der Waals surface area contributed by atoms with Crippen molar-refractivity contribution in [2.45, 2.75) is 25.8 Å². The predicted octanol–water partition coefficient (Wildman–Crippen LogP) is 2.12. The SMILES string of the molecule is CCn1cnc(Cl)c1C(F)(F)CC(=O)O. The highest BCUT2D eigenvalue weighted by molar-refractivity contribution is 6.30. The molecule has 0 aliphatic heterocycles. The fourth-order valence-corrected chi connectivity index (χ4v) is 1.52. The number of carboxylic acids is 1. The van der Waals surface area contributed by atoms with Gasteiger partial charge in [-0.1, -0.05) is 11.6 Å². The Bertz CT molecular complexity index is 379. The largest absolute Gasteiger partial charge is 0.481 e. The third-order valence-electron chi connectivity index (χ3n) is 1.85. The first kappa shape index (κ1) is 11.9. The number of aliphatic carboxylic acids is 1. The van der Waals surface area contributed by atoms with Crippen molar-refractivity contribution in [3.8, 4) is 0 Å². The van der Waals surface area contributed by atoms with Crippen molar-refractivity contribution in [3.05, 3.63) is 17.2 Å². The number of carbonyl (C=O) groups is 1. The molecule has 7 heteroatoms. The van der Waals surface area contributed by atoms with Crippen LogP contribution in [0.2, 0.25) is 5.15 Å². The van der Waals surface area contributed by atoms with Gasteiger partial charge in [0, 0.05) is 6.54 Å². The Morgan fingerprint density at radius 3 is 2.80 bits per heavy atom. The molecule has 84 valence electrons. The summed E-state index contributed by atoms with van der Waals surface area (Å²) in [6.07, 6.45) is -0.133. The molecule has 1 N–H and O–H groups in total. The molecular weight excluding hydrogens is 230 g/mol. The van der Waals surface area contributed by atoms with E-state index >= 15 is 0 Å². The normalized spacial score (nSPS) is 11.7. The number of rotatable bonds is 4. The van der Waals surface area contributed by atoms with Crippen molar-refractivity contribution in [2.75, 3.05) is 0 Å². The Hall–Kier alpha value is -1.17. The lowest BCUT2D eigenvalue weighted by atomic mass is 10.2. The van der Waals surface area contributed by atoms with E-state index < -0.39 is 24.0 Å². The summed E-state index contributed by atoms with van der Waals surface area (Å²) in [6, 6.07) is 0. The lowest BCUT2D eigenvalue weighted by Crippen LogP contribution is -2.22. The summed E-state index contributed by atoms with van der Waals surface area (Å²) in [4.78, 5) is 13.8. The van der Waals surface area contributed by atoms with Crippen molar-refractivity contribution >= 4 is 17.6 Å². The standard InChI is InChI=1S/C8H9ClF2N2O2/c1-2-13-4-12-7(9)6(13)8(10,11)3-5(14)15/h4H,2-3H2,1H3,(H,14,15). The van der Waals surface area contributed by atoms with Crippen LogP contribution in [0, 0.1) is 0 Å². The van der Waals surface area contributed by atoms with Gasteiger partial charge in [-0.2, -0.15) is 8.78 Å². The monoisotopic (exact) mass is 238 g/mol. The van der Waals surface area contributed by atoms with Crippen LogP contribution in [0.15, 0.2) is 6.33 Å². The summed E-state index contributed by atoms with van der Waals surface area (Å²) in [7, 11) is 0. The van der Waals surface area contributed by atoms with E-state index in [1.165, 1.54) is 0 Å². The molecular formula is C8H9ClF2N2O2. The molecule has 0 amide bonds. The maximum absolute atomic E-state index is 13.4. The number of nitrogens with zero attached hydrogens (tertiary/aromatic N) is 2. The Labute approximate surface area is 89.5 Å². The molecule has 1 heterocycles. The van der Waals surface area contributed by atoms with Crippen molar-refractivity contribution in [3.63, 3.8) is 0 Å². The van der Waals surface area contributed by atoms with Crippen molar-refractivity contribution in [1.29, 1.82) is 0 Å².